The van der Waals surface area contributed by atoms with E-state index >= 15 is 0 Å². The van der Waals surface area contributed by atoms with Gasteiger partial charge in [0, 0.05) is 6.61 Å². The lowest BCUT2D eigenvalue weighted by Gasteiger charge is -2.41. The molecule has 1 rings (SSSR count). The number of carbonyl (C=O) groups is 1. The minimum Gasteiger partial charge on any atom is -0.457 e. The minimum absolute atomic E-state index is 0.0470. The number of unbranched alkanes of at least 4 members (excludes halogenated alkanes) is 11. The first-order chi connectivity index (χ1) is 26.0. The molecule has 6 atom stereocenters. The van der Waals surface area contributed by atoms with Gasteiger partial charge in [0.05, 0.1) is 19.6 Å². The number of rotatable bonds is 32. The van der Waals surface area contributed by atoms with Gasteiger partial charge in [0.2, 0.25) is 0 Å². The van der Waals surface area contributed by atoms with Gasteiger partial charge in [-0.25, -0.2) is 4.57 Å². The van der Waals surface area contributed by atoms with Gasteiger partial charge in [0.1, 0.15) is 42.7 Å². The first-order valence-electron chi connectivity index (χ1n) is 20.1. The Kier molecular flexibility index (Phi) is 29.8. The van der Waals surface area contributed by atoms with Gasteiger partial charge < -0.3 is 39.9 Å². The van der Waals surface area contributed by atoms with Crippen LogP contribution in [0.2, 0.25) is 0 Å². The van der Waals surface area contributed by atoms with E-state index in [9.17, 15) is 39.8 Å². The molecule has 13 heteroatoms. The van der Waals surface area contributed by atoms with Crippen LogP contribution >= 0.6 is 7.82 Å². The molecular formula is C41H71O12P. The van der Waals surface area contributed by atoms with Crippen molar-refractivity contribution in [1.29, 1.82) is 0 Å². The maximum atomic E-state index is 12.7. The standard InChI is InChI=1S/C41H71O12P/c1-3-5-7-9-11-13-15-17-18-19-20-22-24-26-28-30-35(42)52-34(32-50-31-29-27-25-23-21-16-14-12-10-8-6-4-2)33-51-54(48,49)53-41-39(46)37(44)36(43)38(45)40(41)47/h5,7,11,13,17-18,20,22,26,28,34,36-41,43-47H,3-4,6,8-10,12,14-16,19,21,23-25,27,29-33H2,1-2H3,(H,48,49)/b7-5-,13-11-,18-17-,22-20-,28-26-. The lowest BCUT2D eigenvalue weighted by molar-refractivity contribution is -0.220. The smallest absolute Gasteiger partial charge is 0.457 e. The molecule has 12 nitrogen and oxygen atoms in total. The van der Waals surface area contributed by atoms with Gasteiger partial charge in [0.15, 0.2) is 0 Å². The fraction of sp³-hybridized carbons (Fsp3) is 0.732. The Morgan fingerprint density at radius 3 is 1.50 bits per heavy atom. The molecular weight excluding hydrogens is 715 g/mol. The second-order valence-corrected chi connectivity index (χ2v) is 15.2. The lowest BCUT2D eigenvalue weighted by atomic mass is 9.85. The molecule has 0 saturated heterocycles. The van der Waals surface area contributed by atoms with Crippen molar-refractivity contribution < 1.29 is 58.3 Å². The van der Waals surface area contributed by atoms with Crippen LogP contribution < -0.4 is 0 Å². The number of aliphatic hydroxyl groups excluding tert-OH is 5. The highest BCUT2D eigenvalue weighted by Gasteiger charge is 2.51. The summed E-state index contributed by atoms with van der Waals surface area (Å²) in [5.74, 6) is -0.606. The van der Waals surface area contributed by atoms with E-state index in [4.69, 9.17) is 18.5 Å². The van der Waals surface area contributed by atoms with Gasteiger partial charge >= 0.3 is 13.8 Å². The highest BCUT2D eigenvalue weighted by atomic mass is 31.2. The molecule has 0 aliphatic heterocycles. The van der Waals surface area contributed by atoms with Crippen LogP contribution in [0.25, 0.3) is 0 Å². The predicted molar refractivity (Wildman–Crippen MR) is 212 cm³/mol. The van der Waals surface area contributed by atoms with Crippen LogP contribution in [-0.4, -0.2) is 98.9 Å². The zero-order valence-corrected chi connectivity index (χ0v) is 33.6. The Hall–Kier alpha value is -1.96. The summed E-state index contributed by atoms with van der Waals surface area (Å²) in [4.78, 5) is 23.0. The van der Waals surface area contributed by atoms with Crippen LogP contribution in [0.5, 0.6) is 0 Å². The van der Waals surface area contributed by atoms with Crippen molar-refractivity contribution in [2.75, 3.05) is 19.8 Å². The molecule has 54 heavy (non-hydrogen) atoms. The number of aliphatic hydroxyl groups is 5. The van der Waals surface area contributed by atoms with Crippen LogP contribution in [0.3, 0.4) is 0 Å². The molecule has 1 fully saturated rings. The molecule has 0 heterocycles. The average Bonchev–Trinajstić information content (AvgIpc) is 3.15. The Morgan fingerprint density at radius 1 is 0.593 bits per heavy atom. The van der Waals surface area contributed by atoms with Gasteiger partial charge in [-0.2, -0.15) is 0 Å². The Morgan fingerprint density at radius 2 is 1.02 bits per heavy atom. The first kappa shape index (κ1) is 50.1. The summed E-state index contributed by atoms with van der Waals surface area (Å²) in [6.07, 6.45) is 26.1. The average molecular weight is 787 g/mol. The van der Waals surface area contributed by atoms with Crippen molar-refractivity contribution in [3.8, 4) is 0 Å². The third-order valence-electron chi connectivity index (χ3n) is 8.94. The van der Waals surface area contributed by atoms with E-state index in [1.165, 1.54) is 57.8 Å². The van der Waals surface area contributed by atoms with Crippen LogP contribution in [0, 0.1) is 0 Å². The van der Waals surface area contributed by atoms with E-state index in [1.54, 1.807) is 6.08 Å². The third kappa shape index (κ3) is 24.5. The molecule has 1 saturated carbocycles. The van der Waals surface area contributed by atoms with Gasteiger partial charge in [-0.3, -0.25) is 13.8 Å². The van der Waals surface area contributed by atoms with Crippen molar-refractivity contribution >= 4 is 13.8 Å². The van der Waals surface area contributed by atoms with Crippen LogP contribution in [0.15, 0.2) is 60.8 Å². The molecule has 6 unspecified atom stereocenters. The van der Waals surface area contributed by atoms with Gasteiger partial charge in [-0.1, -0.05) is 145 Å². The van der Waals surface area contributed by atoms with Gasteiger partial charge in [0.25, 0.3) is 0 Å². The van der Waals surface area contributed by atoms with Crippen molar-refractivity contribution in [2.45, 2.75) is 172 Å². The molecule has 0 aromatic carbocycles. The molecule has 0 radical (unpaired) electrons. The number of phosphoric acid groups is 1. The number of ether oxygens (including phenoxy) is 2. The van der Waals surface area contributed by atoms with Crippen molar-refractivity contribution in [3.05, 3.63) is 60.8 Å². The number of carbonyl (C=O) groups excluding carboxylic acids is 1. The fourth-order valence-electron chi connectivity index (χ4n) is 5.72. The molecule has 1 aliphatic carbocycles. The monoisotopic (exact) mass is 786 g/mol. The zero-order valence-electron chi connectivity index (χ0n) is 32.7. The second kappa shape index (κ2) is 32.2. The largest absolute Gasteiger partial charge is 0.472 e. The maximum absolute atomic E-state index is 12.7. The Balaban J connectivity index is 2.54. The summed E-state index contributed by atoms with van der Waals surface area (Å²) in [7, 11) is -5.04. The van der Waals surface area contributed by atoms with E-state index < -0.39 is 63.1 Å². The maximum Gasteiger partial charge on any atom is 0.472 e. The topological polar surface area (TPSA) is 192 Å². The molecule has 0 aromatic heterocycles. The first-order valence-corrected chi connectivity index (χ1v) is 21.6. The molecule has 0 bridgehead atoms. The molecule has 6 N–H and O–H groups in total. The van der Waals surface area contributed by atoms with Gasteiger partial charge in [-0.15, -0.1) is 0 Å². The SMILES string of the molecule is CC/C=C\C/C=C\C/C=C\C/C=C\C/C=C\CC(=O)OC(COCCCCCCCCCCCCCC)COP(=O)(O)OC1C(O)C(O)C(O)C(O)C1O. The number of hydrogen-bond acceptors (Lipinski definition) is 11. The number of esters is 1. The van der Waals surface area contributed by atoms with E-state index in [-0.39, 0.29) is 13.0 Å². The van der Waals surface area contributed by atoms with Crippen LogP contribution in [-0.2, 0) is 27.9 Å². The second-order valence-electron chi connectivity index (χ2n) is 13.8. The molecule has 0 amide bonds. The number of allylic oxidation sites excluding steroid dienone is 9. The van der Waals surface area contributed by atoms with E-state index in [0.29, 0.717) is 13.0 Å². The van der Waals surface area contributed by atoms with Gasteiger partial charge in [-0.05, 0) is 38.5 Å². The molecule has 0 spiro atoms. The van der Waals surface area contributed by atoms with Crippen LogP contribution in [0.1, 0.15) is 129 Å². The summed E-state index contributed by atoms with van der Waals surface area (Å²) in [6, 6.07) is 0. The highest BCUT2D eigenvalue weighted by Crippen LogP contribution is 2.47. The number of phosphoric ester groups is 1. The van der Waals surface area contributed by atoms with Crippen LogP contribution in [0.4, 0.5) is 0 Å². The Labute approximate surface area is 324 Å². The molecule has 0 aromatic rings. The fourth-order valence-corrected chi connectivity index (χ4v) is 6.70. The minimum atomic E-state index is -5.04. The van der Waals surface area contributed by atoms with Crippen molar-refractivity contribution in [3.63, 3.8) is 0 Å². The summed E-state index contributed by atoms with van der Waals surface area (Å²) >= 11 is 0. The van der Waals surface area contributed by atoms with Crippen molar-refractivity contribution in [1.82, 2.24) is 0 Å². The van der Waals surface area contributed by atoms with E-state index in [1.807, 2.05) is 18.2 Å². The molecule has 1 aliphatic rings. The highest BCUT2D eigenvalue weighted by molar-refractivity contribution is 7.47. The summed E-state index contributed by atoms with van der Waals surface area (Å²) < 4.78 is 33.9. The third-order valence-corrected chi connectivity index (χ3v) is 9.92. The zero-order chi connectivity index (χ0) is 39.9. The summed E-state index contributed by atoms with van der Waals surface area (Å²) in [6.45, 7) is 4.00. The summed E-state index contributed by atoms with van der Waals surface area (Å²) in [5.41, 5.74) is 0. The predicted octanol–water partition coefficient (Wildman–Crippen LogP) is 7.08. The quantitative estimate of drug-likeness (QED) is 0.0176. The van der Waals surface area contributed by atoms with E-state index in [0.717, 1.165) is 44.9 Å². The molecule has 312 valence electrons. The summed E-state index contributed by atoms with van der Waals surface area (Å²) in [5, 5.41) is 50.0. The normalized spacial score (nSPS) is 24.1. The lowest BCUT2D eigenvalue weighted by Crippen LogP contribution is -2.64. The Bertz CT molecular complexity index is 1120. The van der Waals surface area contributed by atoms with E-state index in [2.05, 4.69) is 50.3 Å². The number of hydrogen-bond donors (Lipinski definition) is 6. The van der Waals surface area contributed by atoms with Crippen molar-refractivity contribution in [2.24, 2.45) is 0 Å².